The maximum Gasteiger partial charge on any atom is 0.0799 e. The molecule has 0 aromatic rings. The van der Waals surface area contributed by atoms with E-state index in [1.54, 1.807) is 6.08 Å². The molecule has 74 valence electrons. The molecule has 2 saturated carbocycles. The first-order valence-electron chi connectivity index (χ1n) is 5.47. The van der Waals surface area contributed by atoms with Gasteiger partial charge in [0.15, 0.2) is 0 Å². The Bertz CT molecular complexity index is 207. The Kier molecular flexibility index (Phi) is 2.23. The quantitative estimate of drug-likeness (QED) is 0.662. The van der Waals surface area contributed by atoms with E-state index in [0.29, 0.717) is 0 Å². The molecule has 0 unspecified atom stereocenters. The maximum absolute atomic E-state index is 9.89. The predicted molar refractivity (Wildman–Crippen MR) is 54.4 cm³/mol. The lowest BCUT2D eigenvalue weighted by molar-refractivity contribution is 0.0697. The second-order valence-electron chi connectivity index (χ2n) is 5.20. The standard InChI is InChI=1S/C12H20O/c1-3-12(2,13)8-11-7-9-4-5-10(11)6-9/h3,9-11,13H,1,4-8H2,2H3/t9-,10-,11-,12+/m0/s1. The zero-order valence-corrected chi connectivity index (χ0v) is 8.50. The Hall–Kier alpha value is -0.300. The summed E-state index contributed by atoms with van der Waals surface area (Å²) in [5.41, 5.74) is -0.630. The van der Waals surface area contributed by atoms with Crippen LogP contribution in [0.1, 0.15) is 39.0 Å². The van der Waals surface area contributed by atoms with Gasteiger partial charge in [0.05, 0.1) is 5.60 Å². The van der Waals surface area contributed by atoms with Gasteiger partial charge in [-0.1, -0.05) is 12.5 Å². The number of hydrogen-bond acceptors (Lipinski definition) is 1. The Morgan fingerprint density at radius 2 is 2.23 bits per heavy atom. The van der Waals surface area contributed by atoms with Crippen LogP contribution in [0.5, 0.6) is 0 Å². The molecular formula is C12H20O. The number of hydrogen-bond donors (Lipinski definition) is 1. The minimum atomic E-state index is -0.630. The Labute approximate surface area is 80.8 Å². The molecule has 13 heavy (non-hydrogen) atoms. The van der Waals surface area contributed by atoms with Gasteiger partial charge in [0.1, 0.15) is 0 Å². The van der Waals surface area contributed by atoms with Crippen LogP contribution in [0.2, 0.25) is 0 Å². The molecule has 0 saturated heterocycles. The van der Waals surface area contributed by atoms with Gasteiger partial charge in [-0.2, -0.15) is 0 Å². The smallest absolute Gasteiger partial charge is 0.0799 e. The number of aliphatic hydroxyl groups is 1. The Balaban J connectivity index is 1.93. The lowest BCUT2D eigenvalue weighted by atomic mass is 9.81. The van der Waals surface area contributed by atoms with Crippen molar-refractivity contribution in [2.45, 2.75) is 44.6 Å². The van der Waals surface area contributed by atoms with Gasteiger partial charge >= 0.3 is 0 Å². The molecule has 0 amide bonds. The van der Waals surface area contributed by atoms with E-state index in [1.165, 1.54) is 25.7 Å². The highest BCUT2D eigenvalue weighted by molar-refractivity contribution is 4.98. The summed E-state index contributed by atoms with van der Waals surface area (Å²) in [5, 5.41) is 9.89. The summed E-state index contributed by atoms with van der Waals surface area (Å²) in [5.74, 6) is 2.67. The summed E-state index contributed by atoms with van der Waals surface area (Å²) < 4.78 is 0. The van der Waals surface area contributed by atoms with Gasteiger partial charge in [-0.15, -0.1) is 6.58 Å². The molecule has 0 heterocycles. The molecule has 2 aliphatic rings. The summed E-state index contributed by atoms with van der Waals surface area (Å²) in [6.07, 6.45) is 8.25. The van der Waals surface area contributed by atoms with Crippen LogP contribution in [-0.4, -0.2) is 10.7 Å². The summed E-state index contributed by atoms with van der Waals surface area (Å²) in [7, 11) is 0. The summed E-state index contributed by atoms with van der Waals surface area (Å²) in [6.45, 7) is 5.57. The van der Waals surface area contributed by atoms with Gasteiger partial charge in [-0.05, 0) is 50.4 Å². The van der Waals surface area contributed by atoms with Crippen molar-refractivity contribution in [1.29, 1.82) is 0 Å². The number of rotatable bonds is 3. The molecule has 1 heteroatoms. The number of fused-ring (bicyclic) bond motifs is 2. The van der Waals surface area contributed by atoms with E-state index < -0.39 is 5.60 Å². The van der Waals surface area contributed by atoms with E-state index in [4.69, 9.17) is 0 Å². The highest BCUT2D eigenvalue weighted by atomic mass is 16.3. The lowest BCUT2D eigenvalue weighted by Gasteiger charge is -2.28. The lowest BCUT2D eigenvalue weighted by Crippen LogP contribution is -2.27. The average Bonchev–Trinajstić information content (AvgIpc) is 2.64. The van der Waals surface area contributed by atoms with Crippen LogP contribution in [0.4, 0.5) is 0 Å². The third-order valence-corrected chi connectivity index (χ3v) is 4.00. The zero-order chi connectivity index (χ0) is 9.47. The van der Waals surface area contributed by atoms with Crippen molar-refractivity contribution >= 4 is 0 Å². The van der Waals surface area contributed by atoms with Crippen LogP contribution in [-0.2, 0) is 0 Å². The Morgan fingerprint density at radius 1 is 1.46 bits per heavy atom. The minimum absolute atomic E-state index is 0.630. The van der Waals surface area contributed by atoms with Crippen molar-refractivity contribution < 1.29 is 5.11 Å². The molecule has 2 aliphatic carbocycles. The fraction of sp³-hybridized carbons (Fsp3) is 0.833. The predicted octanol–water partition coefficient (Wildman–Crippen LogP) is 2.75. The van der Waals surface area contributed by atoms with Gasteiger partial charge in [-0.3, -0.25) is 0 Å². The summed E-state index contributed by atoms with van der Waals surface area (Å²) >= 11 is 0. The van der Waals surface area contributed by atoms with Crippen molar-refractivity contribution in [3.63, 3.8) is 0 Å². The van der Waals surface area contributed by atoms with Crippen LogP contribution in [0.15, 0.2) is 12.7 Å². The molecular weight excluding hydrogens is 160 g/mol. The molecule has 1 N–H and O–H groups in total. The van der Waals surface area contributed by atoms with Crippen molar-refractivity contribution in [2.75, 3.05) is 0 Å². The third-order valence-electron chi connectivity index (χ3n) is 4.00. The van der Waals surface area contributed by atoms with Crippen molar-refractivity contribution in [1.82, 2.24) is 0 Å². The zero-order valence-electron chi connectivity index (χ0n) is 8.50. The van der Waals surface area contributed by atoms with E-state index in [1.807, 2.05) is 6.92 Å². The topological polar surface area (TPSA) is 20.2 Å². The fourth-order valence-electron chi connectivity index (χ4n) is 3.24. The molecule has 2 bridgehead atoms. The molecule has 1 nitrogen and oxygen atoms in total. The monoisotopic (exact) mass is 180 g/mol. The van der Waals surface area contributed by atoms with E-state index >= 15 is 0 Å². The molecule has 0 aromatic carbocycles. The second kappa shape index (κ2) is 3.13. The highest BCUT2D eigenvalue weighted by Crippen LogP contribution is 2.50. The van der Waals surface area contributed by atoms with E-state index in [-0.39, 0.29) is 0 Å². The van der Waals surface area contributed by atoms with Crippen LogP contribution in [0.3, 0.4) is 0 Å². The molecule has 0 spiro atoms. The van der Waals surface area contributed by atoms with Gasteiger partial charge in [0.25, 0.3) is 0 Å². The molecule has 0 aliphatic heterocycles. The van der Waals surface area contributed by atoms with Crippen LogP contribution in [0.25, 0.3) is 0 Å². The Morgan fingerprint density at radius 3 is 2.69 bits per heavy atom. The van der Waals surface area contributed by atoms with E-state index in [9.17, 15) is 5.11 Å². The van der Waals surface area contributed by atoms with E-state index in [0.717, 1.165) is 24.2 Å². The average molecular weight is 180 g/mol. The molecule has 2 fully saturated rings. The molecule has 2 rings (SSSR count). The minimum Gasteiger partial charge on any atom is -0.386 e. The molecule has 4 atom stereocenters. The summed E-state index contributed by atoms with van der Waals surface area (Å²) in [4.78, 5) is 0. The van der Waals surface area contributed by atoms with Crippen LogP contribution >= 0.6 is 0 Å². The van der Waals surface area contributed by atoms with Gasteiger partial charge in [0, 0.05) is 0 Å². The maximum atomic E-state index is 9.89. The first-order valence-corrected chi connectivity index (χ1v) is 5.47. The SMILES string of the molecule is C=C[C@@](C)(O)C[C@@H]1C[C@H]2CC[C@H]1C2. The third kappa shape index (κ3) is 1.80. The van der Waals surface area contributed by atoms with Crippen molar-refractivity contribution in [2.24, 2.45) is 17.8 Å². The van der Waals surface area contributed by atoms with Gasteiger partial charge < -0.3 is 5.11 Å². The molecule has 0 aromatic heterocycles. The first kappa shape index (κ1) is 9.26. The van der Waals surface area contributed by atoms with Crippen molar-refractivity contribution in [3.05, 3.63) is 12.7 Å². The van der Waals surface area contributed by atoms with Crippen molar-refractivity contribution in [3.8, 4) is 0 Å². The van der Waals surface area contributed by atoms with Gasteiger partial charge in [-0.25, -0.2) is 0 Å². The largest absolute Gasteiger partial charge is 0.386 e. The first-order chi connectivity index (χ1) is 6.11. The fourth-order valence-corrected chi connectivity index (χ4v) is 3.24. The van der Waals surface area contributed by atoms with Crippen LogP contribution < -0.4 is 0 Å². The van der Waals surface area contributed by atoms with Crippen LogP contribution in [0, 0.1) is 17.8 Å². The molecule has 0 radical (unpaired) electrons. The van der Waals surface area contributed by atoms with Gasteiger partial charge in [0.2, 0.25) is 0 Å². The second-order valence-corrected chi connectivity index (χ2v) is 5.20. The highest BCUT2D eigenvalue weighted by Gasteiger charge is 2.41. The normalized spacial score (nSPS) is 41.8. The summed E-state index contributed by atoms with van der Waals surface area (Å²) in [6, 6.07) is 0. The van der Waals surface area contributed by atoms with E-state index in [2.05, 4.69) is 6.58 Å².